The molecule has 6 heteroatoms. The largest absolute Gasteiger partial charge is 0.352 e. The van der Waals surface area contributed by atoms with Gasteiger partial charge in [0.05, 0.1) is 16.8 Å². The minimum Gasteiger partial charge on any atom is -0.352 e. The van der Waals surface area contributed by atoms with Crippen LogP contribution in [0.15, 0.2) is 66.9 Å². The van der Waals surface area contributed by atoms with E-state index in [-0.39, 0.29) is 5.91 Å². The molecule has 32 heavy (non-hydrogen) atoms. The van der Waals surface area contributed by atoms with Crippen LogP contribution >= 0.6 is 11.6 Å². The number of aromatic nitrogens is 2. The fourth-order valence-corrected chi connectivity index (χ4v) is 4.33. The lowest BCUT2D eigenvalue weighted by molar-refractivity contribution is 0.0950. The Morgan fingerprint density at radius 1 is 1.09 bits per heavy atom. The topological polar surface area (TPSA) is 58.1 Å². The summed E-state index contributed by atoms with van der Waals surface area (Å²) in [6.45, 7) is 4.08. The number of halogens is 1. The van der Waals surface area contributed by atoms with E-state index in [0.29, 0.717) is 22.8 Å². The maximum atomic E-state index is 12.8. The van der Waals surface area contributed by atoms with Gasteiger partial charge in [-0.05, 0) is 60.4 Å². The van der Waals surface area contributed by atoms with Crippen molar-refractivity contribution in [1.82, 2.24) is 15.3 Å². The molecule has 0 fully saturated rings. The molecule has 0 saturated carbocycles. The Balaban J connectivity index is 1.25. The highest BCUT2D eigenvalue weighted by Crippen LogP contribution is 2.23. The number of benzene rings is 2. The lowest BCUT2D eigenvalue weighted by Crippen LogP contribution is -2.31. The van der Waals surface area contributed by atoms with Crippen LogP contribution in [0, 0.1) is 6.92 Å². The summed E-state index contributed by atoms with van der Waals surface area (Å²) in [5, 5.41) is 4.45. The van der Waals surface area contributed by atoms with Crippen molar-refractivity contribution in [2.75, 3.05) is 11.4 Å². The molecule has 2 aromatic carbocycles. The van der Waals surface area contributed by atoms with Gasteiger partial charge in [-0.2, -0.15) is 0 Å². The number of rotatable bonds is 4. The van der Waals surface area contributed by atoms with Crippen LogP contribution in [0.2, 0.25) is 5.02 Å². The molecule has 5 rings (SSSR count). The predicted molar refractivity (Wildman–Crippen MR) is 128 cm³/mol. The van der Waals surface area contributed by atoms with Gasteiger partial charge in [0.1, 0.15) is 5.82 Å². The molecular formula is C26H23ClN4O. The first-order valence-electron chi connectivity index (χ1n) is 10.7. The van der Waals surface area contributed by atoms with Crippen LogP contribution in [-0.2, 0) is 19.5 Å². The van der Waals surface area contributed by atoms with Gasteiger partial charge in [0.2, 0.25) is 0 Å². The van der Waals surface area contributed by atoms with Gasteiger partial charge in [-0.3, -0.25) is 9.78 Å². The minimum absolute atomic E-state index is 0.159. The summed E-state index contributed by atoms with van der Waals surface area (Å²) >= 11 is 6.09. The second-order valence-electron chi connectivity index (χ2n) is 8.11. The molecule has 5 nitrogen and oxygen atoms in total. The number of anilines is 1. The quantitative estimate of drug-likeness (QED) is 0.478. The van der Waals surface area contributed by atoms with E-state index in [1.165, 1.54) is 11.1 Å². The van der Waals surface area contributed by atoms with Crippen LogP contribution in [0.4, 0.5) is 5.82 Å². The molecule has 2 aromatic heterocycles. The van der Waals surface area contributed by atoms with E-state index in [1.54, 1.807) is 6.07 Å². The van der Waals surface area contributed by atoms with Crippen LogP contribution in [-0.4, -0.2) is 22.4 Å². The van der Waals surface area contributed by atoms with Gasteiger partial charge in [0, 0.05) is 36.2 Å². The standard InChI is InChI=1S/C26H23ClN4O/c1-17-23(13-21-12-22(27)7-8-24(21)30-17)26(32)29-15-18-6-9-25(28-14-18)31-11-10-19-4-2-3-5-20(19)16-31/h2-9,12-14H,10-11,15-16H2,1H3,(H,29,32). The van der Waals surface area contributed by atoms with Gasteiger partial charge in [0.25, 0.3) is 5.91 Å². The Morgan fingerprint density at radius 3 is 2.75 bits per heavy atom. The van der Waals surface area contributed by atoms with Crippen LogP contribution in [0.3, 0.4) is 0 Å². The van der Waals surface area contributed by atoms with E-state index in [1.807, 2.05) is 43.5 Å². The maximum Gasteiger partial charge on any atom is 0.253 e. The van der Waals surface area contributed by atoms with Crippen LogP contribution in [0.5, 0.6) is 0 Å². The molecule has 0 atom stereocenters. The predicted octanol–water partition coefficient (Wildman–Crippen LogP) is 5.08. The Labute approximate surface area is 192 Å². The van der Waals surface area contributed by atoms with Crippen molar-refractivity contribution in [2.45, 2.75) is 26.4 Å². The molecule has 1 aliphatic rings. The summed E-state index contributed by atoms with van der Waals surface area (Å²) in [6.07, 6.45) is 2.86. The molecule has 0 spiro atoms. The first-order chi connectivity index (χ1) is 15.6. The number of carbonyl (C=O) groups is 1. The monoisotopic (exact) mass is 442 g/mol. The second-order valence-corrected chi connectivity index (χ2v) is 8.54. The summed E-state index contributed by atoms with van der Waals surface area (Å²) in [4.78, 5) is 24.3. The molecule has 0 bridgehead atoms. The molecule has 0 saturated heterocycles. The van der Waals surface area contributed by atoms with Crippen molar-refractivity contribution >= 4 is 34.2 Å². The molecule has 1 amide bonds. The number of nitrogens with one attached hydrogen (secondary N) is 1. The smallest absolute Gasteiger partial charge is 0.253 e. The first-order valence-corrected chi connectivity index (χ1v) is 11.1. The first kappa shape index (κ1) is 20.5. The average molecular weight is 443 g/mol. The van der Waals surface area contributed by atoms with E-state index in [2.05, 4.69) is 44.5 Å². The van der Waals surface area contributed by atoms with Crippen molar-refractivity contribution in [3.8, 4) is 0 Å². The van der Waals surface area contributed by atoms with Gasteiger partial charge < -0.3 is 10.2 Å². The lowest BCUT2D eigenvalue weighted by Gasteiger charge is -2.29. The molecule has 1 N–H and O–H groups in total. The van der Waals surface area contributed by atoms with Gasteiger partial charge in [-0.1, -0.05) is 41.9 Å². The van der Waals surface area contributed by atoms with Crippen molar-refractivity contribution < 1.29 is 4.79 Å². The van der Waals surface area contributed by atoms with Gasteiger partial charge in [-0.25, -0.2) is 4.98 Å². The number of hydrogen-bond donors (Lipinski definition) is 1. The highest BCUT2D eigenvalue weighted by molar-refractivity contribution is 6.31. The van der Waals surface area contributed by atoms with Crippen molar-refractivity contribution in [1.29, 1.82) is 0 Å². The zero-order chi connectivity index (χ0) is 22.1. The molecule has 3 heterocycles. The summed E-state index contributed by atoms with van der Waals surface area (Å²) in [5.74, 6) is 0.801. The fourth-order valence-electron chi connectivity index (χ4n) is 4.15. The zero-order valence-electron chi connectivity index (χ0n) is 17.8. The number of aryl methyl sites for hydroxylation is 1. The van der Waals surface area contributed by atoms with E-state index in [4.69, 9.17) is 11.6 Å². The molecule has 0 radical (unpaired) electrons. The maximum absolute atomic E-state index is 12.8. The molecular weight excluding hydrogens is 420 g/mol. The Hall–Kier alpha value is -3.44. The molecule has 1 aliphatic heterocycles. The Morgan fingerprint density at radius 2 is 1.94 bits per heavy atom. The minimum atomic E-state index is -0.159. The summed E-state index contributed by atoms with van der Waals surface area (Å²) in [5.41, 5.74) is 5.80. The van der Waals surface area contributed by atoms with Crippen molar-refractivity contribution in [3.05, 3.63) is 99.8 Å². The van der Waals surface area contributed by atoms with Gasteiger partial charge >= 0.3 is 0 Å². The van der Waals surface area contributed by atoms with Crippen molar-refractivity contribution in [3.63, 3.8) is 0 Å². The number of carbonyl (C=O) groups excluding carboxylic acids is 1. The number of amides is 1. The fraction of sp³-hybridized carbons (Fsp3) is 0.192. The summed E-state index contributed by atoms with van der Waals surface area (Å²) < 4.78 is 0. The molecule has 0 aliphatic carbocycles. The third-order valence-corrected chi connectivity index (χ3v) is 6.16. The zero-order valence-corrected chi connectivity index (χ0v) is 18.6. The number of fused-ring (bicyclic) bond motifs is 2. The van der Waals surface area contributed by atoms with E-state index in [9.17, 15) is 4.79 Å². The third-order valence-electron chi connectivity index (χ3n) is 5.93. The van der Waals surface area contributed by atoms with Crippen molar-refractivity contribution in [2.24, 2.45) is 0 Å². The highest BCUT2D eigenvalue weighted by Gasteiger charge is 2.17. The second kappa shape index (κ2) is 8.60. The van der Waals surface area contributed by atoms with Crippen LogP contribution < -0.4 is 10.2 Å². The van der Waals surface area contributed by atoms with Gasteiger partial charge in [0.15, 0.2) is 0 Å². The van der Waals surface area contributed by atoms with E-state index < -0.39 is 0 Å². The van der Waals surface area contributed by atoms with Crippen LogP contribution in [0.25, 0.3) is 10.9 Å². The molecule has 160 valence electrons. The molecule has 0 unspecified atom stereocenters. The Kier molecular flexibility index (Phi) is 5.50. The summed E-state index contributed by atoms with van der Waals surface area (Å²) in [6, 6.07) is 19.9. The SMILES string of the molecule is Cc1nc2ccc(Cl)cc2cc1C(=O)NCc1ccc(N2CCc3ccccc3C2)nc1. The lowest BCUT2D eigenvalue weighted by atomic mass is 10.00. The highest BCUT2D eigenvalue weighted by atomic mass is 35.5. The third kappa shape index (κ3) is 4.16. The Bertz CT molecular complexity index is 1300. The normalized spacial score (nSPS) is 13.1. The number of nitrogens with zero attached hydrogens (tertiary/aromatic N) is 3. The van der Waals surface area contributed by atoms with E-state index in [0.717, 1.165) is 41.8 Å². The average Bonchev–Trinajstić information content (AvgIpc) is 2.82. The number of pyridine rings is 2. The van der Waals surface area contributed by atoms with E-state index >= 15 is 0 Å². The van der Waals surface area contributed by atoms with Gasteiger partial charge in [-0.15, -0.1) is 0 Å². The van der Waals surface area contributed by atoms with Crippen LogP contribution in [0.1, 0.15) is 32.7 Å². The molecule has 4 aromatic rings. The summed E-state index contributed by atoms with van der Waals surface area (Å²) in [7, 11) is 0. The number of hydrogen-bond acceptors (Lipinski definition) is 4.